The van der Waals surface area contributed by atoms with Crippen molar-refractivity contribution in [2.24, 2.45) is 11.2 Å². The van der Waals surface area contributed by atoms with Crippen LogP contribution in [-0.4, -0.2) is 46.9 Å². The standard InChI is InChI=1S/C14H17N3O6/c18-13(19)12-7-4-8-16(9-12)17(21)15-23-10-22-14(20)11-5-2-1-3-6-11/h1-3,5-6,12H,4,7-10H2,(H,18,19). The zero-order valence-corrected chi connectivity index (χ0v) is 12.3. The second kappa shape index (κ2) is 7.97. The topological polar surface area (TPSA) is 114 Å². The molecule has 9 heteroatoms. The molecule has 1 N–H and O–H groups in total. The lowest BCUT2D eigenvalue weighted by molar-refractivity contribution is -0.714. The highest BCUT2D eigenvalue weighted by molar-refractivity contribution is 5.89. The van der Waals surface area contributed by atoms with E-state index in [4.69, 9.17) is 9.84 Å². The Labute approximate surface area is 132 Å². The fraction of sp³-hybridized carbons (Fsp3) is 0.429. The summed E-state index contributed by atoms with van der Waals surface area (Å²) in [5.41, 5.74) is 0.357. The Kier molecular flexibility index (Phi) is 5.73. The van der Waals surface area contributed by atoms with Gasteiger partial charge in [0.25, 0.3) is 6.79 Å². The Morgan fingerprint density at radius 2 is 2.13 bits per heavy atom. The molecule has 0 amide bonds. The fourth-order valence-corrected chi connectivity index (χ4v) is 2.18. The van der Waals surface area contributed by atoms with Gasteiger partial charge in [-0.1, -0.05) is 18.2 Å². The summed E-state index contributed by atoms with van der Waals surface area (Å²) in [5, 5.41) is 25.1. The summed E-state index contributed by atoms with van der Waals surface area (Å²) < 4.78 is 4.79. The summed E-state index contributed by atoms with van der Waals surface area (Å²) in [6.45, 7) is -0.0535. The lowest BCUT2D eigenvalue weighted by atomic mass is 10.00. The van der Waals surface area contributed by atoms with Gasteiger partial charge in [0.15, 0.2) is 0 Å². The van der Waals surface area contributed by atoms with Crippen LogP contribution in [-0.2, 0) is 14.4 Å². The smallest absolute Gasteiger partial charge is 0.341 e. The van der Waals surface area contributed by atoms with Crippen molar-refractivity contribution in [3.05, 3.63) is 41.1 Å². The molecule has 0 aromatic heterocycles. The Balaban J connectivity index is 1.76. The number of carbonyl (C=O) groups is 2. The highest BCUT2D eigenvalue weighted by Gasteiger charge is 2.29. The molecule has 0 bridgehead atoms. The highest BCUT2D eigenvalue weighted by Crippen LogP contribution is 2.16. The third-order valence-electron chi connectivity index (χ3n) is 3.37. The number of rotatable bonds is 6. The van der Waals surface area contributed by atoms with E-state index in [1.54, 1.807) is 30.3 Å². The van der Waals surface area contributed by atoms with E-state index in [0.717, 1.165) is 0 Å². The van der Waals surface area contributed by atoms with Crippen LogP contribution >= 0.6 is 0 Å². The second-order valence-electron chi connectivity index (χ2n) is 4.97. The van der Waals surface area contributed by atoms with E-state index >= 15 is 0 Å². The predicted octanol–water partition coefficient (Wildman–Crippen LogP) is 1.41. The zero-order chi connectivity index (χ0) is 16.7. The molecule has 1 aromatic rings. The van der Waals surface area contributed by atoms with E-state index in [0.29, 0.717) is 24.9 Å². The van der Waals surface area contributed by atoms with Crippen LogP contribution in [0.3, 0.4) is 0 Å². The van der Waals surface area contributed by atoms with Crippen molar-refractivity contribution >= 4 is 11.9 Å². The third-order valence-corrected chi connectivity index (χ3v) is 3.37. The quantitative estimate of drug-likeness (QED) is 0.210. The van der Waals surface area contributed by atoms with Crippen LogP contribution < -0.4 is 0 Å². The Morgan fingerprint density at radius 3 is 2.83 bits per heavy atom. The Bertz CT molecular complexity index is 577. The second-order valence-corrected chi connectivity index (χ2v) is 4.97. The van der Waals surface area contributed by atoms with Crippen molar-refractivity contribution in [3.63, 3.8) is 0 Å². The molecule has 1 atom stereocenters. The number of carbonyl (C=O) groups excluding carboxylic acids is 1. The van der Waals surface area contributed by atoms with Crippen molar-refractivity contribution in [3.8, 4) is 0 Å². The molecule has 1 saturated heterocycles. The van der Waals surface area contributed by atoms with Gasteiger partial charge in [0.05, 0.1) is 29.5 Å². The minimum atomic E-state index is -0.944. The number of carboxylic acids is 1. The van der Waals surface area contributed by atoms with E-state index in [1.807, 2.05) is 0 Å². The molecule has 0 radical (unpaired) electrons. The van der Waals surface area contributed by atoms with Crippen molar-refractivity contribution < 1.29 is 29.2 Å². The van der Waals surface area contributed by atoms with Crippen LogP contribution in [0.15, 0.2) is 35.6 Å². The van der Waals surface area contributed by atoms with Gasteiger partial charge in [-0.15, -0.1) is 5.01 Å². The molecule has 0 aliphatic carbocycles. The van der Waals surface area contributed by atoms with Crippen molar-refractivity contribution in [1.29, 1.82) is 0 Å². The predicted molar refractivity (Wildman–Crippen MR) is 75.8 cm³/mol. The SMILES string of the molecule is O=C(OCON=[N+]([O-])N1CCCC(C(=O)O)C1)c1ccccc1. The molecule has 23 heavy (non-hydrogen) atoms. The molecule has 124 valence electrons. The molecular weight excluding hydrogens is 306 g/mol. The first-order valence-corrected chi connectivity index (χ1v) is 7.08. The molecule has 0 spiro atoms. The first-order chi connectivity index (χ1) is 11.1. The minimum absolute atomic E-state index is 0.0650. The van der Waals surface area contributed by atoms with Gasteiger partial charge in [0.1, 0.15) is 0 Å². The number of hydrogen-bond acceptors (Lipinski definition) is 6. The van der Waals surface area contributed by atoms with E-state index in [9.17, 15) is 14.8 Å². The van der Waals surface area contributed by atoms with Crippen LogP contribution in [0.25, 0.3) is 0 Å². The summed E-state index contributed by atoms with van der Waals surface area (Å²) in [4.78, 5) is 27.4. The van der Waals surface area contributed by atoms with Gasteiger partial charge >= 0.3 is 11.9 Å². The summed E-state index contributed by atoms with van der Waals surface area (Å²) >= 11 is 0. The molecule has 1 aliphatic rings. The van der Waals surface area contributed by atoms with Crippen molar-refractivity contribution in [2.45, 2.75) is 12.8 Å². The van der Waals surface area contributed by atoms with Gasteiger partial charge in [-0.05, 0) is 25.0 Å². The number of esters is 1. The van der Waals surface area contributed by atoms with Crippen LogP contribution in [0.4, 0.5) is 0 Å². The van der Waals surface area contributed by atoms with Crippen LogP contribution in [0.2, 0.25) is 0 Å². The van der Waals surface area contributed by atoms with Crippen molar-refractivity contribution in [2.75, 3.05) is 19.9 Å². The molecule has 1 aliphatic heterocycles. The van der Waals surface area contributed by atoms with E-state index in [1.165, 1.54) is 5.01 Å². The number of carboxylic acid groups (broad SMARTS) is 1. The maximum absolute atomic E-state index is 11.7. The molecule has 1 unspecified atom stereocenters. The van der Waals surface area contributed by atoms with Crippen LogP contribution in [0, 0.1) is 11.1 Å². The minimum Gasteiger partial charge on any atom is -0.569 e. The lowest BCUT2D eigenvalue weighted by Crippen LogP contribution is -2.42. The zero-order valence-electron chi connectivity index (χ0n) is 12.3. The number of benzene rings is 1. The number of piperidine rings is 1. The van der Waals surface area contributed by atoms with Gasteiger partial charge in [-0.3, -0.25) is 4.79 Å². The van der Waals surface area contributed by atoms with Gasteiger partial charge in [-0.25, -0.2) is 4.79 Å². The Morgan fingerprint density at radius 1 is 1.39 bits per heavy atom. The maximum atomic E-state index is 11.7. The first-order valence-electron chi connectivity index (χ1n) is 7.08. The summed E-state index contributed by atoms with van der Waals surface area (Å²) in [6, 6.07) is 8.31. The third kappa shape index (κ3) is 4.83. The van der Waals surface area contributed by atoms with Gasteiger partial charge in [0.2, 0.25) is 5.28 Å². The number of nitrogens with zero attached hydrogens (tertiary/aromatic N) is 3. The largest absolute Gasteiger partial charge is 0.569 e. The molecule has 9 nitrogen and oxygen atoms in total. The fourth-order valence-electron chi connectivity index (χ4n) is 2.18. The molecule has 2 rings (SSSR count). The molecular formula is C14H17N3O6. The van der Waals surface area contributed by atoms with E-state index in [-0.39, 0.29) is 11.5 Å². The van der Waals surface area contributed by atoms with E-state index in [2.05, 4.69) is 10.1 Å². The molecule has 1 fully saturated rings. The number of aliphatic carboxylic acids is 1. The van der Waals surface area contributed by atoms with Crippen LogP contribution in [0.5, 0.6) is 0 Å². The average Bonchev–Trinajstić information content (AvgIpc) is 2.59. The summed E-state index contributed by atoms with van der Waals surface area (Å²) in [7, 11) is 0. The maximum Gasteiger partial charge on any atom is 0.341 e. The average molecular weight is 323 g/mol. The summed E-state index contributed by atoms with van der Waals surface area (Å²) in [6.07, 6.45) is 1.10. The molecule has 0 saturated carbocycles. The normalized spacial score (nSPS) is 18.3. The highest BCUT2D eigenvalue weighted by atomic mass is 16.8. The Hall–Kier alpha value is -2.84. The van der Waals surface area contributed by atoms with Gasteiger partial charge in [-0.2, -0.15) is 0 Å². The molecule has 1 aromatic carbocycles. The van der Waals surface area contributed by atoms with Gasteiger partial charge < -0.3 is 19.9 Å². The summed E-state index contributed by atoms with van der Waals surface area (Å²) in [5.74, 6) is -2.14. The van der Waals surface area contributed by atoms with E-state index < -0.39 is 24.6 Å². The first kappa shape index (κ1) is 16.5. The number of hydrogen-bond donors (Lipinski definition) is 1. The van der Waals surface area contributed by atoms with Gasteiger partial charge in [0, 0.05) is 0 Å². The van der Waals surface area contributed by atoms with Crippen molar-refractivity contribution in [1.82, 2.24) is 5.01 Å². The monoisotopic (exact) mass is 323 g/mol. The molecule has 1 heterocycles. The number of ether oxygens (including phenoxy) is 1. The number of hydrazine groups is 1. The lowest BCUT2D eigenvalue weighted by Gasteiger charge is -2.26. The van der Waals surface area contributed by atoms with Crippen LogP contribution in [0.1, 0.15) is 23.2 Å².